The minimum absolute atomic E-state index is 0.0302. The number of piperazine rings is 1. The normalized spacial score (nSPS) is 31.0. The first-order valence-electron chi connectivity index (χ1n) is 7.65. The second-order valence-electron chi connectivity index (χ2n) is 6.40. The van der Waals surface area contributed by atoms with Crippen molar-refractivity contribution in [3.63, 3.8) is 0 Å². The number of hydrogen-bond acceptors (Lipinski definition) is 7. The van der Waals surface area contributed by atoms with E-state index < -0.39 is 11.8 Å². The van der Waals surface area contributed by atoms with Crippen LogP contribution >= 0.6 is 0 Å². The van der Waals surface area contributed by atoms with Crippen molar-refractivity contribution in [2.24, 2.45) is 5.73 Å². The van der Waals surface area contributed by atoms with Crippen molar-refractivity contribution in [3.05, 3.63) is 23.0 Å². The number of primary amides is 1. The van der Waals surface area contributed by atoms with Crippen LogP contribution in [0.5, 0.6) is 11.5 Å². The summed E-state index contributed by atoms with van der Waals surface area (Å²) in [7, 11) is 1.55. The Balaban J connectivity index is 2.02. The Morgan fingerprint density at radius 2 is 2.04 bits per heavy atom. The van der Waals surface area contributed by atoms with Crippen LogP contribution in [0.3, 0.4) is 0 Å². The predicted octanol–water partition coefficient (Wildman–Crippen LogP) is 0.668. The number of rotatable bonds is 2. The number of carbonyl (C=O) groups excluding carboxylic acids is 1. The average Bonchev–Trinajstić information content (AvgIpc) is 3.16. The molecular formula is C16H19N3O5. The first kappa shape index (κ1) is 15.1. The molecule has 5 N–H and O–H groups in total. The summed E-state index contributed by atoms with van der Waals surface area (Å²) >= 11 is 0. The van der Waals surface area contributed by atoms with Crippen molar-refractivity contribution in [2.75, 3.05) is 18.6 Å². The van der Waals surface area contributed by atoms with E-state index in [9.17, 15) is 15.0 Å². The van der Waals surface area contributed by atoms with Gasteiger partial charge in [0.15, 0.2) is 5.72 Å². The number of phenolic OH excluding ortho intramolecular Hbond substituents is 2. The SMILES string of the molecule is CO[C@@]12C(=COC(N)=O)c3c(O)c(C)c(C)c(O)c3N1CC1NC12. The van der Waals surface area contributed by atoms with Gasteiger partial charge in [0.1, 0.15) is 17.8 Å². The number of methoxy groups -OCH3 is 1. The van der Waals surface area contributed by atoms with Crippen LogP contribution < -0.4 is 16.0 Å². The molecule has 8 heteroatoms. The van der Waals surface area contributed by atoms with E-state index in [4.69, 9.17) is 15.2 Å². The maximum atomic E-state index is 11.1. The molecule has 24 heavy (non-hydrogen) atoms. The third-order valence-electron chi connectivity index (χ3n) is 5.39. The Labute approximate surface area is 138 Å². The molecule has 4 rings (SSSR count). The molecule has 0 radical (unpaired) electrons. The van der Waals surface area contributed by atoms with Gasteiger partial charge in [-0.2, -0.15) is 0 Å². The summed E-state index contributed by atoms with van der Waals surface area (Å²) in [6, 6.07) is 0.176. The first-order valence-corrected chi connectivity index (χ1v) is 7.65. The average molecular weight is 333 g/mol. The molecule has 3 aliphatic heterocycles. The maximum absolute atomic E-state index is 11.1. The quantitative estimate of drug-likeness (QED) is 0.356. The van der Waals surface area contributed by atoms with E-state index in [-0.39, 0.29) is 23.6 Å². The highest BCUT2D eigenvalue weighted by molar-refractivity contribution is 5.99. The molecule has 8 nitrogen and oxygen atoms in total. The zero-order chi connectivity index (χ0) is 17.4. The molecule has 3 aliphatic rings. The van der Waals surface area contributed by atoms with Crippen molar-refractivity contribution in [1.29, 1.82) is 0 Å². The van der Waals surface area contributed by atoms with Gasteiger partial charge in [-0.3, -0.25) is 0 Å². The van der Waals surface area contributed by atoms with Crippen LogP contribution in [0.4, 0.5) is 10.5 Å². The molecule has 0 saturated carbocycles. The number of nitrogens with zero attached hydrogens (tertiary/aromatic N) is 1. The lowest BCUT2D eigenvalue weighted by molar-refractivity contribution is 0.0498. The number of phenols is 2. The van der Waals surface area contributed by atoms with E-state index in [2.05, 4.69) is 5.32 Å². The largest absolute Gasteiger partial charge is 0.507 e. The van der Waals surface area contributed by atoms with Crippen LogP contribution in [0.2, 0.25) is 0 Å². The molecule has 128 valence electrons. The Morgan fingerprint density at radius 1 is 1.38 bits per heavy atom. The molecule has 0 aliphatic carbocycles. The topological polar surface area (TPSA) is 127 Å². The van der Waals surface area contributed by atoms with Gasteiger partial charge in [-0.25, -0.2) is 4.79 Å². The molecule has 0 bridgehead atoms. The highest BCUT2D eigenvalue weighted by Crippen LogP contribution is 2.62. The summed E-state index contributed by atoms with van der Waals surface area (Å²) in [6.45, 7) is 4.07. The lowest BCUT2D eigenvalue weighted by Gasteiger charge is -2.35. The van der Waals surface area contributed by atoms with E-state index in [0.717, 1.165) is 0 Å². The Morgan fingerprint density at radius 3 is 2.67 bits per heavy atom. The summed E-state index contributed by atoms with van der Waals surface area (Å²) in [6.07, 6.45) is 0.251. The van der Waals surface area contributed by atoms with Crippen LogP contribution in [0.1, 0.15) is 16.7 Å². The molecule has 0 spiro atoms. The fourth-order valence-electron chi connectivity index (χ4n) is 4.04. The molecule has 2 saturated heterocycles. The minimum atomic E-state index is -0.961. The number of carbonyl (C=O) groups is 1. The van der Waals surface area contributed by atoms with Gasteiger partial charge in [0.05, 0.1) is 22.9 Å². The number of amides is 1. The molecule has 1 aromatic rings. The van der Waals surface area contributed by atoms with Crippen molar-refractivity contribution < 1.29 is 24.5 Å². The van der Waals surface area contributed by atoms with Crippen molar-refractivity contribution in [2.45, 2.75) is 31.7 Å². The van der Waals surface area contributed by atoms with Gasteiger partial charge in [0.25, 0.3) is 0 Å². The minimum Gasteiger partial charge on any atom is -0.507 e. The van der Waals surface area contributed by atoms with E-state index in [0.29, 0.717) is 34.5 Å². The summed E-state index contributed by atoms with van der Waals surface area (Å²) in [4.78, 5) is 13.0. The van der Waals surface area contributed by atoms with Crippen LogP contribution in [0.15, 0.2) is 6.26 Å². The Hall–Kier alpha value is -2.45. The highest BCUT2D eigenvalue weighted by Gasteiger charge is 2.69. The number of aromatic hydroxyl groups is 2. The second-order valence-corrected chi connectivity index (χ2v) is 6.40. The third-order valence-corrected chi connectivity index (χ3v) is 5.39. The van der Waals surface area contributed by atoms with Gasteiger partial charge in [0.2, 0.25) is 0 Å². The molecule has 0 aromatic heterocycles. The van der Waals surface area contributed by atoms with Gasteiger partial charge in [-0.1, -0.05) is 0 Å². The molecular weight excluding hydrogens is 314 g/mol. The number of ether oxygens (including phenoxy) is 2. The number of fused-ring (bicyclic) bond motifs is 5. The lowest BCUT2D eigenvalue weighted by Crippen LogP contribution is -2.50. The number of hydrogen-bond donors (Lipinski definition) is 4. The molecule has 1 amide bonds. The zero-order valence-electron chi connectivity index (χ0n) is 13.6. The van der Waals surface area contributed by atoms with Crippen LogP contribution in [-0.2, 0) is 9.47 Å². The fourth-order valence-corrected chi connectivity index (χ4v) is 4.04. The van der Waals surface area contributed by atoms with E-state index >= 15 is 0 Å². The van der Waals surface area contributed by atoms with Crippen molar-refractivity contribution in [3.8, 4) is 11.5 Å². The number of nitrogens with one attached hydrogen (secondary N) is 1. The lowest BCUT2D eigenvalue weighted by atomic mass is 9.93. The maximum Gasteiger partial charge on any atom is 0.409 e. The third kappa shape index (κ3) is 1.57. The van der Waals surface area contributed by atoms with E-state index in [1.165, 1.54) is 6.26 Å². The Bertz CT molecular complexity index is 806. The molecule has 2 unspecified atom stereocenters. The molecule has 3 atom stereocenters. The number of anilines is 1. The van der Waals surface area contributed by atoms with Crippen molar-refractivity contribution in [1.82, 2.24) is 5.32 Å². The fraction of sp³-hybridized carbons (Fsp3) is 0.438. The number of nitrogens with two attached hydrogens (primary N) is 1. The van der Waals surface area contributed by atoms with Gasteiger partial charge in [-0.15, -0.1) is 0 Å². The molecule has 3 heterocycles. The van der Waals surface area contributed by atoms with E-state index in [1.807, 2.05) is 4.90 Å². The smallest absolute Gasteiger partial charge is 0.409 e. The number of benzene rings is 1. The van der Waals surface area contributed by atoms with Gasteiger partial charge in [0, 0.05) is 19.7 Å². The van der Waals surface area contributed by atoms with Crippen molar-refractivity contribution >= 4 is 17.4 Å². The van der Waals surface area contributed by atoms with E-state index in [1.54, 1.807) is 21.0 Å². The van der Waals surface area contributed by atoms with Crippen LogP contribution in [-0.4, -0.2) is 47.8 Å². The summed E-state index contributed by atoms with van der Waals surface area (Å²) in [5.74, 6) is 0.119. The Kier molecular flexibility index (Phi) is 2.86. The van der Waals surface area contributed by atoms with Gasteiger partial charge >= 0.3 is 6.09 Å². The molecule has 2 fully saturated rings. The first-order chi connectivity index (χ1) is 11.3. The zero-order valence-corrected chi connectivity index (χ0v) is 13.6. The molecule has 1 aromatic carbocycles. The summed E-state index contributed by atoms with van der Waals surface area (Å²) in [5.41, 5.74) is 6.65. The van der Waals surface area contributed by atoms with Crippen LogP contribution in [0, 0.1) is 13.8 Å². The van der Waals surface area contributed by atoms with Gasteiger partial charge < -0.3 is 35.6 Å². The standard InChI is InChI=1S/C16H19N3O5/c1-6-7(2)13(21)11-10(12(6)20)8(5-24-15(17)22)16(23-3)14-9(18-14)4-19(11)16/h5,9,14,18,20-21H,4H2,1-3H3,(H2,17,22)/t9?,14?,16-/m1/s1. The second kappa shape index (κ2) is 4.55. The predicted molar refractivity (Wildman–Crippen MR) is 85.7 cm³/mol. The van der Waals surface area contributed by atoms with Gasteiger partial charge in [-0.05, 0) is 25.0 Å². The monoisotopic (exact) mass is 333 g/mol. The summed E-state index contributed by atoms with van der Waals surface area (Å²) in [5, 5.41) is 24.7. The highest BCUT2D eigenvalue weighted by atomic mass is 16.5. The summed E-state index contributed by atoms with van der Waals surface area (Å²) < 4.78 is 10.7. The van der Waals surface area contributed by atoms with Crippen LogP contribution in [0.25, 0.3) is 5.57 Å².